The van der Waals surface area contributed by atoms with Crippen molar-refractivity contribution in [3.63, 3.8) is 0 Å². The van der Waals surface area contributed by atoms with Crippen LogP contribution < -0.4 is 16.0 Å². The van der Waals surface area contributed by atoms with Gasteiger partial charge in [0.2, 0.25) is 5.91 Å². The van der Waals surface area contributed by atoms with Crippen molar-refractivity contribution in [1.29, 1.82) is 0 Å². The Bertz CT molecular complexity index is 404. The van der Waals surface area contributed by atoms with Gasteiger partial charge in [-0.25, -0.2) is 0 Å². The Morgan fingerprint density at radius 3 is 2.32 bits per heavy atom. The van der Waals surface area contributed by atoms with E-state index in [1.807, 2.05) is 20.8 Å². The first-order valence-corrected chi connectivity index (χ1v) is 8.83. The Morgan fingerprint density at radius 2 is 1.80 bits per heavy atom. The van der Waals surface area contributed by atoms with Crippen molar-refractivity contribution >= 4 is 35.8 Å². The number of ether oxygens (including phenoxy) is 1. The molecule has 1 aliphatic heterocycles. The monoisotopic (exact) mass is 469 g/mol. The first-order chi connectivity index (χ1) is 11.4. The first-order valence-electron chi connectivity index (χ1n) is 8.83. The summed E-state index contributed by atoms with van der Waals surface area (Å²) in [6.07, 6.45) is 2.20. The number of aliphatic imine (C=N–C) groups is 1. The van der Waals surface area contributed by atoms with Gasteiger partial charge in [-0.05, 0) is 12.8 Å². The molecule has 25 heavy (non-hydrogen) atoms. The number of guanidine groups is 1. The summed E-state index contributed by atoms with van der Waals surface area (Å²) < 4.78 is 5.13. The fourth-order valence-electron chi connectivity index (χ4n) is 2.53. The Hall–Kier alpha value is -0.610. The van der Waals surface area contributed by atoms with E-state index >= 15 is 0 Å². The van der Waals surface area contributed by atoms with Crippen LogP contribution in [0.25, 0.3) is 0 Å². The number of piperidine rings is 1. The van der Waals surface area contributed by atoms with Crippen molar-refractivity contribution in [2.24, 2.45) is 10.4 Å². The minimum atomic E-state index is -0.350. The van der Waals surface area contributed by atoms with E-state index in [1.54, 1.807) is 14.2 Å². The van der Waals surface area contributed by atoms with E-state index in [0.717, 1.165) is 45.0 Å². The molecule has 1 fully saturated rings. The number of hydrogen-bond donors (Lipinski definition) is 3. The van der Waals surface area contributed by atoms with E-state index in [9.17, 15) is 4.79 Å². The van der Waals surface area contributed by atoms with Gasteiger partial charge in [0.05, 0.1) is 6.61 Å². The fourth-order valence-corrected chi connectivity index (χ4v) is 2.53. The molecule has 0 aromatic carbocycles. The molecule has 1 saturated heterocycles. The van der Waals surface area contributed by atoms with Crippen molar-refractivity contribution in [3.05, 3.63) is 0 Å². The van der Waals surface area contributed by atoms with Crippen molar-refractivity contribution in [3.8, 4) is 0 Å². The van der Waals surface area contributed by atoms with Gasteiger partial charge < -0.3 is 25.6 Å². The second kappa shape index (κ2) is 12.7. The second-order valence-corrected chi connectivity index (χ2v) is 7.26. The number of halogens is 1. The lowest BCUT2D eigenvalue weighted by Gasteiger charge is -2.32. The van der Waals surface area contributed by atoms with Gasteiger partial charge in [-0.3, -0.25) is 9.79 Å². The third-order valence-corrected chi connectivity index (χ3v) is 4.15. The second-order valence-electron chi connectivity index (χ2n) is 7.26. The molecule has 0 aromatic heterocycles. The van der Waals surface area contributed by atoms with E-state index in [0.29, 0.717) is 19.1 Å². The van der Waals surface area contributed by atoms with E-state index in [1.165, 1.54) is 0 Å². The molecule has 148 valence electrons. The predicted molar refractivity (Wildman–Crippen MR) is 114 cm³/mol. The van der Waals surface area contributed by atoms with Crippen LogP contribution in [0.1, 0.15) is 33.6 Å². The van der Waals surface area contributed by atoms with Gasteiger partial charge in [0.25, 0.3) is 0 Å². The molecule has 1 amide bonds. The summed E-state index contributed by atoms with van der Waals surface area (Å²) in [4.78, 5) is 18.5. The van der Waals surface area contributed by atoms with Crippen LogP contribution in [-0.2, 0) is 9.53 Å². The quantitative estimate of drug-likeness (QED) is 0.225. The molecular formula is C17H36IN5O2. The highest BCUT2D eigenvalue weighted by atomic mass is 127. The van der Waals surface area contributed by atoms with Crippen molar-refractivity contribution in [2.75, 3.05) is 53.5 Å². The predicted octanol–water partition coefficient (Wildman–Crippen LogP) is 1.04. The number of rotatable bonds is 7. The van der Waals surface area contributed by atoms with E-state index in [-0.39, 0.29) is 35.3 Å². The lowest BCUT2D eigenvalue weighted by molar-refractivity contribution is -0.128. The van der Waals surface area contributed by atoms with Crippen LogP contribution in [0.4, 0.5) is 0 Å². The molecule has 8 heteroatoms. The highest BCUT2D eigenvalue weighted by molar-refractivity contribution is 14.0. The molecule has 0 bridgehead atoms. The smallest absolute Gasteiger partial charge is 0.225 e. The summed E-state index contributed by atoms with van der Waals surface area (Å²) in [6, 6.07) is 0.444. The molecule has 7 nitrogen and oxygen atoms in total. The van der Waals surface area contributed by atoms with Gasteiger partial charge in [0.15, 0.2) is 5.96 Å². The highest BCUT2D eigenvalue weighted by Crippen LogP contribution is 2.12. The average molecular weight is 469 g/mol. The molecule has 1 aliphatic rings. The third kappa shape index (κ3) is 10.2. The van der Waals surface area contributed by atoms with Crippen molar-refractivity contribution < 1.29 is 9.53 Å². The topological polar surface area (TPSA) is 78.0 Å². The zero-order valence-corrected chi connectivity index (χ0v) is 18.7. The third-order valence-electron chi connectivity index (χ3n) is 4.15. The number of carbonyl (C=O) groups is 1. The van der Waals surface area contributed by atoms with E-state index in [4.69, 9.17) is 4.74 Å². The summed E-state index contributed by atoms with van der Waals surface area (Å²) in [5, 5.41) is 9.66. The van der Waals surface area contributed by atoms with Gasteiger partial charge in [-0.2, -0.15) is 0 Å². The molecule has 0 unspecified atom stereocenters. The molecule has 0 saturated carbocycles. The number of nitrogens with one attached hydrogen (secondary N) is 3. The van der Waals surface area contributed by atoms with Crippen LogP contribution in [-0.4, -0.2) is 76.3 Å². The Balaban J connectivity index is 0.00000576. The molecule has 3 N–H and O–H groups in total. The van der Waals surface area contributed by atoms with Gasteiger partial charge in [-0.1, -0.05) is 20.8 Å². The number of nitrogens with zero attached hydrogens (tertiary/aromatic N) is 2. The van der Waals surface area contributed by atoms with Gasteiger partial charge >= 0.3 is 0 Å². The molecule has 0 aliphatic carbocycles. The number of amides is 1. The first kappa shape index (κ1) is 24.4. The van der Waals surface area contributed by atoms with Crippen LogP contribution in [0.15, 0.2) is 4.99 Å². The van der Waals surface area contributed by atoms with E-state index in [2.05, 4.69) is 25.8 Å². The zero-order chi connectivity index (χ0) is 18.0. The molecule has 1 heterocycles. The fraction of sp³-hybridized carbons (Fsp3) is 0.882. The molecular weight excluding hydrogens is 433 g/mol. The van der Waals surface area contributed by atoms with Crippen LogP contribution in [0, 0.1) is 5.41 Å². The zero-order valence-electron chi connectivity index (χ0n) is 16.4. The minimum Gasteiger partial charge on any atom is -0.383 e. The van der Waals surface area contributed by atoms with Crippen LogP contribution in [0.5, 0.6) is 0 Å². The molecule has 0 radical (unpaired) electrons. The van der Waals surface area contributed by atoms with Crippen LogP contribution >= 0.6 is 24.0 Å². The largest absolute Gasteiger partial charge is 0.383 e. The highest BCUT2D eigenvalue weighted by Gasteiger charge is 2.21. The maximum atomic E-state index is 11.8. The number of methoxy groups -OCH3 is 1. The Kier molecular flexibility index (Phi) is 12.4. The SMILES string of the molecule is CN=C(NCCNC(=O)C(C)(C)C)NC1CCN(CCOC)CC1.I. The van der Waals surface area contributed by atoms with Gasteiger partial charge in [-0.15, -0.1) is 24.0 Å². The van der Waals surface area contributed by atoms with E-state index < -0.39 is 0 Å². The summed E-state index contributed by atoms with van der Waals surface area (Å²) >= 11 is 0. The molecule has 1 rings (SSSR count). The Morgan fingerprint density at radius 1 is 1.20 bits per heavy atom. The van der Waals surface area contributed by atoms with Gasteiger partial charge in [0.1, 0.15) is 0 Å². The summed E-state index contributed by atoms with van der Waals surface area (Å²) in [6.45, 7) is 10.9. The maximum Gasteiger partial charge on any atom is 0.225 e. The molecule has 0 atom stereocenters. The van der Waals surface area contributed by atoms with Gasteiger partial charge in [0, 0.05) is 58.3 Å². The number of likely N-dealkylation sites (tertiary alicyclic amines) is 1. The Labute approximate surface area is 169 Å². The minimum absolute atomic E-state index is 0. The molecule has 0 spiro atoms. The molecule has 0 aromatic rings. The average Bonchev–Trinajstić information content (AvgIpc) is 2.55. The summed E-state index contributed by atoms with van der Waals surface area (Å²) in [5.41, 5.74) is -0.350. The van der Waals surface area contributed by atoms with Crippen molar-refractivity contribution in [2.45, 2.75) is 39.7 Å². The normalized spacial score (nSPS) is 16.9. The summed E-state index contributed by atoms with van der Waals surface area (Å²) in [5.74, 6) is 0.867. The lowest BCUT2D eigenvalue weighted by Crippen LogP contribution is -2.50. The summed E-state index contributed by atoms with van der Waals surface area (Å²) in [7, 11) is 3.52. The lowest BCUT2D eigenvalue weighted by atomic mass is 9.96. The number of carbonyl (C=O) groups excluding carboxylic acids is 1. The number of hydrogen-bond acceptors (Lipinski definition) is 4. The maximum absolute atomic E-state index is 11.8. The van der Waals surface area contributed by atoms with Crippen LogP contribution in [0.3, 0.4) is 0 Å². The van der Waals surface area contributed by atoms with Crippen LogP contribution in [0.2, 0.25) is 0 Å². The van der Waals surface area contributed by atoms with Crippen molar-refractivity contribution in [1.82, 2.24) is 20.9 Å². The standard InChI is InChI=1S/C17H35N5O2.HI/c1-17(2,3)15(23)19-8-9-20-16(18-4)21-14-6-10-22(11-7-14)12-13-24-5;/h14H,6-13H2,1-5H3,(H,19,23)(H2,18,20,21);1H.